The van der Waals surface area contributed by atoms with Crippen molar-refractivity contribution in [3.05, 3.63) is 11.6 Å². The molecule has 3 fully saturated rings. The van der Waals surface area contributed by atoms with E-state index < -0.39 is 34.9 Å². The van der Waals surface area contributed by atoms with Crippen molar-refractivity contribution < 1.29 is 29.7 Å². The van der Waals surface area contributed by atoms with Crippen molar-refractivity contribution >= 4 is 17.3 Å². The first-order valence-electron chi connectivity index (χ1n) is 9.91. The second-order valence-corrected chi connectivity index (χ2v) is 9.53. The number of hydrogen-bond acceptors (Lipinski definition) is 6. The molecule has 0 radical (unpaired) electrons. The van der Waals surface area contributed by atoms with Gasteiger partial charge in [0.1, 0.15) is 12.2 Å². The van der Waals surface area contributed by atoms with Crippen molar-refractivity contribution in [2.45, 2.75) is 64.1 Å². The van der Waals surface area contributed by atoms with Crippen LogP contribution in [0.1, 0.15) is 52.4 Å². The van der Waals surface area contributed by atoms with Crippen LogP contribution in [0.4, 0.5) is 0 Å². The zero-order valence-electron chi connectivity index (χ0n) is 15.9. The minimum Gasteiger partial charge on any atom is -0.393 e. The van der Waals surface area contributed by atoms with Gasteiger partial charge in [0.25, 0.3) is 0 Å². The summed E-state index contributed by atoms with van der Waals surface area (Å²) in [6.07, 6.45) is 2.95. The number of aliphatic hydroxyl groups is 3. The molecular weight excluding hydrogens is 348 g/mol. The summed E-state index contributed by atoms with van der Waals surface area (Å²) in [5.41, 5.74) is -2.53. The Balaban J connectivity index is 1.78. The number of ketones is 3. The van der Waals surface area contributed by atoms with Crippen LogP contribution >= 0.6 is 0 Å². The first kappa shape index (κ1) is 19.0. The predicted octanol–water partition coefficient (Wildman–Crippen LogP) is 0.961. The summed E-state index contributed by atoms with van der Waals surface area (Å²) in [6.45, 7) is 3.07. The molecule has 0 aromatic heterocycles. The summed E-state index contributed by atoms with van der Waals surface area (Å²) in [6, 6.07) is 0. The Morgan fingerprint density at radius 2 is 1.96 bits per heavy atom. The molecule has 0 aliphatic heterocycles. The van der Waals surface area contributed by atoms with Crippen LogP contribution < -0.4 is 0 Å². The first-order chi connectivity index (χ1) is 12.6. The third-order valence-electron chi connectivity index (χ3n) is 8.48. The van der Waals surface area contributed by atoms with E-state index in [0.29, 0.717) is 24.8 Å². The monoisotopic (exact) mass is 376 g/mol. The number of allylic oxidation sites excluding steroid dienone is 1. The Morgan fingerprint density at radius 3 is 2.63 bits per heavy atom. The van der Waals surface area contributed by atoms with E-state index in [9.17, 15) is 29.7 Å². The average Bonchev–Trinajstić information content (AvgIpc) is 2.87. The quantitative estimate of drug-likeness (QED) is 0.662. The van der Waals surface area contributed by atoms with Crippen LogP contribution in [-0.4, -0.2) is 51.0 Å². The van der Waals surface area contributed by atoms with Crippen molar-refractivity contribution in [3.63, 3.8) is 0 Å². The molecule has 3 saturated carbocycles. The third-order valence-corrected chi connectivity index (χ3v) is 8.48. The lowest BCUT2D eigenvalue weighted by Gasteiger charge is -2.59. The fourth-order valence-electron chi connectivity index (χ4n) is 7.12. The van der Waals surface area contributed by atoms with Gasteiger partial charge in [0, 0.05) is 29.2 Å². The molecule has 6 heteroatoms. The molecule has 27 heavy (non-hydrogen) atoms. The Morgan fingerprint density at radius 1 is 1.26 bits per heavy atom. The van der Waals surface area contributed by atoms with Gasteiger partial charge in [-0.25, -0.2) is 0 Å². The van der Waals surface area contributed by atoms with Crippen molar-refractivity contribution in [1.82, 2.24) is 0 Å². The Kier molecular flexibility index (Phi) is 4.09. The van der Waals surface area contributed by atoms with Crippen LogP contribution in [0.25, 0.3) is 0 Å². The summed E-state index contributed by atoms with van der Waals surface area (Å²) in [5.74, 6) is -1.07. The van der Waals surface area contributed by atoms with E-state index in [1.807, 2.05) is 13.8 Å². The van der Waals surface area contributed by atoms with Gasteiger partial charge in [0.15, 0.2) is 17.3 Å². The second kappa shape index (κ2) is 5.82. The maximum Gasteiger partial charge on any atom is 0.190 e. The van der Waals surface area contributed by atoms with Crippen molar-refractivity contribution in [2.24, 2.45) is 28.6 Å². The topological polar surface area (TPSA) is 112 Å². The molecule has 148 valence electrons. The van der Waals surface area contributed by atoms with Crippen LogP contribution in [0.5, 0.6) is 0 Å². The van der Waals surface area contributed by atoms with Crippen LogP contribution in [0.2, 0.25) is 0 Å². The van der Waals surface area contributed by atoms with Gasteiger partial charge in [-0.1, -0.05) is 13.8 Å². The summed E-state index contributed by atoms with van der Waals surface area (Å²) >= 11 is 0. The smallest absolute Gasteiger partial charge is 0.190 e. The lowest BCUT2D eigenvalue weighted by atomic mass is 9.45. The van der Waals surface area contributed by atoms with Crippen molar-refractivity contribution in [3.8, 4) is 0 Å². The average molecular weight is 376 g/mol. The molecule has 4 rings (SSSR count). The molecule has 0 bridgehead atoms. The van der Waals surface area contributed by atoms with Crippen LogP contribution in [-0.2, 0) is 14.4 Å². The summed E-state index contributed by atoms with van der Waals surface area (Å²) in [5, 5.41) is 31.7. The fraction of sp³-hybridized carbons (Fsp3) is 0.762. The zero-order chi connectivity index (χ0) is 19.8. The van der Waals surface area contributed by atoms with Crippen LogP contribution in [0.3, 0.4) is 0 Å². The van der Waals surface area contributed by atoms with E-state index in [0.717, 1.165) is 0 Å². The highest BCUT2D eigenvalue weighted by Crippen LogP contribution is 2.67. The molecule has 7 atom stereocenters. The Bertz CT molecular complexity index is 756. The summed E-state index contributed by atoms with van der Waals surface area (Å²) < 4.78 is 0. The van der Waals surface area contributed by atoms with Crippen molar-refractivity contribution in [1.29, 1.82) is 0 Å². The van der Waals surface area contributed by atoms with Gasteiger partial charge in [0.05, 0.1) is 6.10 Å². The van der Waals surface area contributed by atoms with Crippen LogP contribution in [0, 0.1) is 28.6 Å². The van der Waals surface area contributed by atoms with Gasteiger partial charge in [-0.05, 0) is 49.5 Å². The summed E-state index contributed by atoms with van der Waals surface area (Å²) in [4.78, 5) is 37.2. The highest BCUT2D eigenvalue weighted by Gasteiger charge is 2.69. The van der Waals surface area contributed by atoms with Crippen molar-refractivity contribution in [2.75, 3.05) is 6.61 Å². The molecule has 4 aliphatic carbocycles. The second-order valence-electron chi connectivity index (χ2n) is 9.53. The van der Waals surface area contributed by atoms with Gasteiger partial charge in [-0.3, -0.25) is 14.4 Å². The van der Waals surface area contributed by atoms with Gasteiger partial charge >= 0.3 is 0 Å². The van der Waals surface area contributed by atoms with E-state index in [4.69, 9.17) is 0 Å². The van der Waals surface area contributed by atoms with Gasteiger partial charge in [-0.15, -0.1) is 0 Å². The first-order valence-corrected chi connectivity index (χ1v) is 9.91. The molecular formula is C21H28O6. The number of rotatable bonds is 2. The molecule has 0 aromatic rings. The van der Waals surface area contributed by atoms with E-state index in [1.165, 1.54) is 6.08 Å². The molecule has 0 aromatic carbocycles. The highest BCUT2D eigenvalue weighted by atomic mass is 16.3. The molecule has 0 spiro atoms. The zero-order valence-corrected chi connectivity index (χ0v) is 15.9. The molecule has 6 nitrogen and oxygen atoms in total. The normalized spacial score (nSPS) is 49.1. The molecule has 0 heterocycles. The molecule has 0 unspecified atom stereocenters. The van der Waals surface area contributed by atoms with Gasteiger partial charge in [-0.2, -0.15) is 0 Å². The number of aliphatic hydroxyl groups excluding tert-OH is 2. The van der Waals surface area contributed by atoms with Gasteiger partial charge < -0.3 is 15.3 Å². The van der Waals surface area contributed by atoms with E-state index in [1.54, 1.807) is 0 Å². The number of hydrogen-bond donors (Lipinski definition) is 3. The maximum atomic E-state index is 12.9. The number of carbonyl (C=O) groups excluding carboxylic acids is 3. The predicted molar refractivity (Wildman–Crippen MR) is 95.5 cm³/mol. The Hall–Kier alpha value is -1.37. The lowest BCUT2D eigenvalue weighted by Crippen LogP contribution is -2.63. The highest BCUT2D eigenvalue weighted by molar-refractivity contribution is 6.06. The largest absolute Gasteiger partial charge is 0.393 e. The number of fused-ring (bicyclic) bond motifs is 5. The van der Waals surface area contributed by atoms with E-state index in [-0.39, 0.29) is 48.6 Å². The van der Waals surface area contributed by atoms with Gasteiger partial charge in [0.2, 0.25) is 0 Å². The number of carbonyl (C=O) groups is 3. The summed E-state index contributed by atoms with van der Waals surface area (Å²) in [7, 11) is 0. The molecule has 4 aliphatic rings. The number of Topliss-reactive ketones (excluding diaryl/α,β-unsaturated/α-hetero) is 2. The minimum absolute atomic E-state index is 0.0341. The lowest BCUT2D eigenvalue weighted by molar-refractivity contribution is -0.183. The fourth-order valence-corrected chi connectivity index (χ4v) is 7.12. The maximum absolute atomic E-state index is 12.9. The van der Waals surface area contributed by atoms with Crippen LogP contribution in [0.15, 0.2) is 11.6 Å². The third kappa shape index (κ3) is 2.26. The molecule has 3 N–H and O–H groups in total. The standard InChI is InChI=1S/C21H28O6/c1-19-5-3-11(23)7-14(19)15(24)8-12-13-4-6-21(27,17(26)10-22)20(13,2)9-16(25)18(12)19/h7,12-13,16,18,22,25,27H,3-6,8-10H2,1-2H3/t12-,13-,16-,18+,19-,20-,21-/m0/s1. The molecule has 0 amide bonds. The van der Waals surface area contributed by atoms with E-state index in [2.05, 4.69) is 0 Å². The molecule has 0 saturated heterocycles. The van der Waals surface area contributed by atoms with E-state index >= 15 is 0 Å². The minimum atomic E-state index is -1.67. The Labute approximate surface area is 158 Å². The SMILES string of the molecule is C[C@]12CCC(=O)C=C1C(=O)C[C@@H]1[C@@H]2[C@@H](O)C[C@@]2(C)[C@H]1CC[C@]2(O)C(=O)CO.